The number of hydrogen-bond donors (Lipinski definition) is 0. The summed E-state index contributed by atoms with van der Waals surface area (Å²) in [4.78, 5) is 2.27. The van der Waals surface area contributed by atoms with Crippen LogP contribution in [0.15, 0.2) is 0 Å². The van der Waals surface area contributed by atoms with Crippen molar-refractivity contribution in [1.29, 1.82) is 0 Å². The third-order valence-corrected chi connectivity index (χ3v) is 1.23. The maximum absolute atomic E-state index is 5.10. The van der Waals surface area contributed by atoms with E-state index in [1.54, 1.807) is 0 Å². The molecule has 4 heteroatoms. The van der Waals surface area contributed by atoms with Crippen molar-refractivity contribution in [2.45, 2.75) is 0 Å². The first kappa shape index (κ1) is 8.58. The Morgan fingerprint density at radius 2 is 1.75 bits per heavy atom. The zero-order chi connectivity index (χ0) is 5.11. The van der Waals surface area contributed by atoms with E-state index in [4.69, 9.17) is 4.74 Å². The predicted octanol–water partition coefficient (Wildman–Crippen LogP) is -1.78. The summed E-state index contributed by atoms with van der Waals surface area (Å²) in [6, 6.07) is 0. The Morgan fingerprint density at radius 1 is 1.25 bits per heavy atom. The van der Waals surface area contributed by atoms with E-state index in [2.05, 4.69) is 12.8 Å². The van der Waals surface area contributed by atoms with Gasteiger partial charge >= 0.3 is 18.9 Å². The molecule has 1 aliphatic heterocycles. The van der Waals surface area contributed by atoms with E-state index in [0.717, 1.165) is 26.3 Å². The van der Waals surface area contributed by atoms with Crippen LogP contribution in [-0.2, 0) is 4.74 Å². The second kappa shape index (κ2) is 4.46. The van der Waals surface area contributed by atoms with Gasteiger partial charge < -0.3 is 9.55 Å². The SMILES string of the molecule is BN1CCOCC1.[LiH]. The summed E-state index contributed by atoms with van der Waals surface area (Å²) in [5, 5.41) is 0. The van der Waals surface area contributed by atoms with Crippen molar-refractivity contribution < 1.29 is 4.74 Å². The topological polar surface area (TPSA) is 12.5 Å². The fraction of sp³-hybridized carbons (Fsp3) is 1.00. The van der Waals surface area contributed by atoms with Crippen LogP contribution in [0, 0.1) is 0 Å². The van der Waals surface area contributed by atoms with E-state index in [1.165, 1.54) is 0 Å². The molecule has 1 rings (SSSR count). The Balaban J connectivity index is 0.000000490. The van der Waals surface area contributed by atoms with E-state index in [9.17, 15) is 0 Å². The molecule has 2 nitrogen and oxygen atoms in total. The van der Waals surface area contributed by atoms with Gasteiger partial charge in [-0.05, 0) is 0 Å². The molecule has 0 spiro atoms. The van der Waals surface area contributed by atoms with Crippen molar-refractivity contribution in [3.63, 3.8) is 0 Å². The van der Waals surface area contributed by atoms with E-state index in [0.29, 0.717) is 0 Å². The molecule has 0 bridgehead atoms. The number of rotatable bonds is 0. The van der Waals surface area contributed by atoms with Crippen LogP contribution in [0.2, 0.25) is 0 Å². The first-order chi connectivity index (χ1) is 3.39. The Morgan fingerprint density at radius 3 is 2.00 bits per heavy atom. The van der Waals surface area contributed by atoms with Crippen LogP contribution >= 0.6 is 0 Å². The van der Waals surface area contributed by atoms with Crippen LogP contribution in [0.4, 0.5) is 0 Å². The summed E-state index contributed by atoms with van der Waals surface area (Å²) < 4.78 is 5.10. The molecule has 0 aromatic rings. The predicted molar refractivity (Wildman–Crippen MR) is 38.1 cm³/mol. The minimum atomic E-state index is 0. The van der Waals surface area contributed by atoms with E-state index >= 15 is 0 Å². The van der Waals surface area contributed by atoms with Crippen molar-refractivity contribution in [2.24, 2.45) is 0 Å². The molecule has 0 amide bonds. The van der Waals surface area contributed by atoms with Gasteiger partial charge in [-0.15, -0.1) is 0 Å². The Hall–Kier alpha value is 0.582. The summed E-state index contributed by atoms with van der Waals surface area (Å²) in [7, 11) is 2.11. The number of nitrogens with zero attached hydrogens (tertiary/aromatic N) is 1. The zero-order valence-electron chi connectivity index (χ0n) is 4.68. The van der Waals surface area contributed by atoms with Gasteiger partial charge in [0.1, 0.15) is 0 Å². The molecule has 0 aliphatic carbocycles. The Labute approximate surface area is 63.2 Å². The molecule has 1 fully saturated rings. The molecule has 0 saturated carbocycles. The first-order valence-corrected chi connectivity index (χ1v) is 2.66. The van der Waals surface area contributed by atoms with Crippen LogP contribution in [0.25, 0.3) is 0 Å². The van der Waals surface area contributed by atoms with Gasteiger partial charge in [0.25, 0.3) is 0 Å². The fourth-order valence-electron chi connectivity index (χ4n) is 0.655. The molecule has 0 aromatic heterocycles. The normalized spacial score (nSPS) is 22.0. The molecule has 1 aliphatic rings. The molecule has 8 heavy (non-hydrogen) atoms. The monoisotopic (exact) mass is 107 g/mol. The Kier molecular flexibility index (Phi) is 4.78. The van der Waals surface area contributed by atoms with Gasteiger partial charge in [-0.1, -0.05) is 0 Å². The third kappa shape index (κ3) is 2.78. The average Bonchev–Trinajstić information content (AvgIpc) is 1.69. The van der Waals surface area contributed by atoms with Gasteiger partial charge in [0.05, 0.1) is 13.2 Å². The van der Waals surface area contributed by atoms with Crippen molar-refractivity contribution in [2.75, 3.05) is 26.3 Å². The summed E-state index contributed by atoms with van der Waals surface area (Å²) in [6.07, 6.45) is 0. The molecule has 0 unspecified atom stereocenters. The van der Waals surface area contributed by atoms with Crippen molar-refractivity contribution in [3.05, 3.63) is 0 Å². The molecule has 0 N–H and O–H groups in total. The van der Waals surface area contributed by atoms with Crippen LogP contribution in [0.3, 0.4) is 0 Å². The van der Waals surface area contributed by atoms with Crippen LogP contribution in [0.1, 0.15) is 0 Å². The molecular formula is C4H11BLiNO. The molecule has 1 saturated heterocycles. The third-order valence-electron chi connectivity index (χ3n) is 1.23. The Bertz CT molecular complexity index is 58.0. The molecule has 1 heterocycles. The van der Waals surface area contributed by atoms with Gasteiger partial charge in [-0.25, -0.2) is 0 Å². The number of hydrogen-bond acceptors (Lipinski definition) is 2. The first-order valence-electron chi connectivity index (χ1n) is 2.66. The average molecular weight is 107 g/mol. The van der Waals surface area contributed by atoms with E-state index in [-0.39, 0.29) is 18.9 Å². The molecular weight excluding hydrogens is 95.8 g/mol. The summed E-state index contributed by atoms with van der Waals surface area (Å²) >= 11 is 0. The summed E-state index contributed by atoms with van der Waals surface area (Å²) in [5.41, 5.74) is 0. The van der Waals surface area contributed by atoms with E-state index < -0.39 is 0 Å². The van der Waals surface area contributed by atoms with Gasteiger partial charge in [0, 0.05) is 13.1 Å². The molecule has 0 radical (unpaired) electrons. The molecule has 42 valence electrons. The van der Waals surface area contributed by atoms with Crippen LogP contribution in [-0.4, -0.2) is 58.0 Å². The van der Waals surface area contributed by atoms with Gasteiger partial charge in [-0.2, -0.15) is 0 Å². The van der Waals surface area contributed by atoms with E-state index in [1.807, 2.05) is 0 Å². The number of morpholine rings is 1. The minimum absolute atomic E-state index is 0. The molecule has 0 aromatic carbocycles. The van der Waals surface area contributed by atoms with Gasteiger partial charge in [0.2, 0.25) is 0 Å². The number of ether oxygens (including phenoxy) is 1. The summed E-state index contributed by atoms with van der Waals surface area (Å²) in [5.74, 6) is 0. The molecule has 0 atom stereocenters. The second-order valence-electron chi connectivity index (χ2n) is 1.92. The summed E-state index contributed by atoms with van der Waals surface area (Å²) in [6.45, 7) is 4.02. The van der Waals surface area contributed by atoms with Crippen molar-refractivity contribution in [1.82, 2.24) is 4.81 Å². The van der Waals surface area contributed by atoms with Crippen LogP contribution < -0.4 is 0 Å². The van der Waals surface area contributed by atoms with Gasteiger partial charge in [0.15, 0.2) is 7.98 Å². The van der Waals surface area contributed by atoms with Crippen molar-refractivity contribution in [3.8, 4) is 0 Å². The van der Waals surface area contributed by atoms with Crippen molar-refractivity contribution >= 4 is 26.8 Å². The van der Waals surface area contributed by atoms with Crippen LogP contribution in [0.5, 0.6) is 0 Å². The second-order valence-corrected chi connectivity index (χ2v) is 1.92. The fourth-order valence-corrected chi connectivity index (χ4v) is 0.655. The quantitative estimate of drug-likeness (QED) is 0.339. The van der Waals surface area contributed by atoms with Gasteiger partial charge in [-0.3, -0.25) is 0 Å². The zero-order valence-corrected chi connectivity index (χ0v) is 4.68. The standard InChI is InChI=1S/C4H10BNO.Li.H/c5-6-1-3-7-4-2-6;;/h1-5H2;;. The maximum atomic E-state index is 5.10.